The lowest BCUT2D eigenvalue weighted by molar-refractivity contribution is 0.115. The highest BCUT2D eigenvalue weighted by Gasteiger charge is 2.34. The molecule has 0 aliphatic carbocycles. The van der Waals surface area contributed by atoms with Crippen LogP contribution in [0.25, 0.3) is 0 Å². The van der Waals surface area contributed by atoms with Crippen LogP contribution < -0.4 is 0 Å². The standard InChI is InChI=1S/C14H18BrN3O2S/c1-14(2,11-16)17-7-9-18(10-8-17)21(19,20)13-6-4-3-5-12(13)15/h3-6H,7-10H2,1-2H3. The van der Waals surface area contributed by atoms with Crippen LogP contribution in [0.2, 0.25) is 0 Å². The molecule has 0 spiro atoms. The molecular weight excluding hydrogens is 354 g/mol. The number of sulfonamides is 1. The molecule has 0 radical (unpaired) electrons. The minimum Gasteiger partial charge on any atom is -0.283 e. The van der Waals surface area contributed by atoms with Crippen LogP contribution in [0.15, 0.2) is 33.6 Å². The minimum atomic E-state index is -3.49. The third-order valence-electron chi connectivity index (χ3n) is 3.76. The number of hydrogen-bond donors (Lipinski definition) is 0. The second-order valence-electron chi connectivity index (χ2n) is 5.49. The maximum Gasteiger partial charge on any atom is 0.244 e. The summed E-state index contributed by atoms with van der Waals surface area (Å²) in [6.45, 7) is 5.62. The monoisotopic (exact) mass is 371 g/mol. The normalized spacial score (nSPS) is 18.4. The van der Waals surface area contributed by atoms with E-state index in [4.69, 9.17) is 5.26 Å². The third kappa shape index (κ3) is 3.29. The fourth-order valence-corrected chi connectivity index (χ4v) is 4.74. The van der Waals surface area contributed by atoms with Gasteiger partial charge in [-0.3, -0.25) is 4.90 Å². The lowest BCUT2D eigenvalue weighted by Gasteiger charge is -2.39. The molecule has 1 saturated heterocycles. The molecule has 1 heterocycles. The van der Waals surface area contributed by atoms with Crippen molar-refractivity contribution in [2.24, 2.45) is 0 Å². The fourth-order valence-electron chi connectivity index (χ4n) is 2.35. The van der Waals surface area contributed by atoms with E-state index >= 15 is 0 Å². The largest absolute Gasteiger partial charge is 0.283 e. The lowest BCUT2D eigenvalue weighted by atomic mass is 10.0. The molecule has 5 nitrogen and oxygen atoms in total. The fraction of sp³-hybridized carbons (Fsp3) is 0.500. The third-order valence-corrected chi connectivity index (χ3v) is 6.67. The van der Waals surface area contributed by atoms with Crippen LogP contribution in [0.5, 0.6) is 0 Å². The van der Waals surface area contributed by atoms with Gasteiger partial charge >= 0.3 is 0 Å². The zero-order valence-electron chi connectivity index (χ0n) is 12.1. The van der Waals surface area contributed by atoms with E-state index in [0.29, 0.717) is 30.7 Å². The Labute approximate surface area is 134 Å². The molecule has 1 aliphatic heterocycles. The van der Waals surface area contributed by atoms with Crippen molar-refractivity contribution in [3.8, 4) is 6.07 Å². The van der Waals surface area contributed by atoms with Crippen molar-refractivity contribution < 1.29 is 8.42 Å². The van der Waals surface area contributed by atoms with Gasteiger partial charge < -0.3 is 0 Å². The summed E-state index contributed by atoms with van der Waals surface area (Å²) in [4.78, 5) is 2.30. The van der Waals surface area contributed by atoms with E-state index in [2.05, 4.69) is 22.0 Å². The smallest absolute Gasteiger partial charge is 0.244 e. The maximum atomic E-state index is 12.6. The summed E-state index contributed by atoms with van der Waals surface area (Å²) < 4.78 is 27.3. The molecule has 1 aliphatic rings. The van der Waals surface area contributed by atoms with Gasteiger partial charge in [-0.1, -0.05) is 12.1 Å². The van der Waals surface area contributed by atoms with Gasteiger partial charge in [-0.05, 0) is 41.9 Å². The molecule has 114 valence electrons. The number of nitrogens with zero attached hydrogens (tertiary/aromatic N) is 3. The summed E-state index contributed by atoms with van der Waals surface area (Å²) in [5.41, 5.74) is -0.566. The molecule has 1 fully saturated rings. The number of rotatable bonds is 3. The summed E-state index contributed by atoms with van der Waals surface area (Å²) in [5.74, 6) is 0. The van der Waals surface area contributed by atoms with Crippen molar-refractivity contribution in [2.75, 3.05) is 26.2 Å². The Balaban J connectivity index is 2.16. The average Bonchev–Trinajstić information content (AvgIpc) is 2.47. The molecule has 0 amide bonds. The van der Waals surface area contributed by atoms with Gasteiger partial charge in [-0.25, -0.2) is 8.42 Å². The first-order valence-electron chi connectivity index (χ1n) is 6.70. The first-order chi connectivity index (χ1) is 9.79. The molecule has 0 aromatic heterocycles. The topological polar surface area (TPSA) is 64.4 Å². The molecule has 0 atom stereocenters. The van der Waals surface area contributed by atoms with Gasteiger partial charge in [-0.2, -0.15) is 9.57 Å². The van der Waals surface area contributed by atoms with Crippen LogP contribution in [-0.4, -0.2) is 49.3 Å². The Morgan fingerprint density at radius 1 is 1.19 bits per heavy atom. The van der Waals surface area contributed by atoms with Gasteiger partial charge in [0, 0.05) is 30.7 Å². The van der Waals surface area contributed by atoms with E-state index in [1.807, 2.05) is 18.7 Å². The summed E-state index contributed by atoms with van der Waals surface area (Å²) in [6, 6.07) is 9.09. The highest BCUT2D eigenvalue weighted by Crippen LogP contribution is 2.26. The predicted molar refractivity (Wildman–Crippen MR) is 84.2 cm³/mol. The number of hydrogen-bond acceptors (Lipinski definition) is 4. The van der Waals surface area contributed by atoms with Crippen LogP contribution >= 0.6 is 15.9 Å². The zero-order valence-corrected chi connectivity index (χ0v) is 14.5. The van der Waals surface area contributed by atoms with Gasteiger partial charge in [-0.15, -0.1) is 0 Å². The maximum absolute atomic E-state index is 12.6. The zero-order chi connectivity index (χ0) is 15.7. The Hall–Kier alpha value is -0.940. The van der Waals surface area contributed by atoms with E-state index in [1.54, 1.807) is 24.3 Å². The van der Waals surface area contributed by atoms with Crippen molar-refractivity contribution in [3.05, 3.63) is 28.7 Å². The molecular formula is C14H18BrN3O2S. The molecule has 2 rings (SSSR count). The molecule has 1 aromatic rings. The van der Waals surface area contributed by atoms with E-state index in [1.165, 1.54) is 4.31 Å². The molecule has 0 N–H and O–H groups in total. The second-order valence-corrected chi connectivity index (χ2v) is 8.25. The number of piperazine rings is 1. The highest BCUT2D eigenvalue weighted by atomic mass is 79.9. The van der Waals surface area contributed by atoms with Gasteiger partial charge in [0.2, 0.25) is 10.0 Å². The SMILES string of the molecule is CC(C)(C#N)N1CCN(S(=O)(=O)c2ccccc2Br)CC1. The Morgan fingerprint density at radius 2 is 1.76 bits per heavy atom. The summed E-state index contributed by atoms with van der Waals surface area (Å²) in [5, 5.41) is 9.16. The van der Waals surface area contributed by atoms with Crippen LogP contribution in [0.4, 0.5) is 0 Å². The van der Waals surface area contributed by atoms with Crippen molar-refractivity contribution >= 4 is 26.0 Å². The molecule has 7 heteroatoms. The first-order valence-corrected chi connectivity index (χ1v) is 8.93. The molecule has 0 bridgehead atoms. The van der Waals surface area contributed by atoms with Crippen LogP contribution in [0, 0.1) is 11.3 Å². The van der Waals surface area contributed by atoms with Crippen molar-refractivity contribution in [1.82, 2.24) is 9.21 Å². The predicted octanol–water partition coefficient (Wildman–Crippen LogP) is 2.06. The number of benzene rings is 1. The molecule has 0 saturated carbocycles. The van der Waals surface area contributed by atoms with Crippen molar-refractivity contribution in [1.29, 1.82) is 5.26 Å². The molecule has 0 unspecified atom stereocenters. The van der Waals surface area contributed by atoms with Crippen molar-refractivity contribution in [3.63, 3.8) is 0 Å². The van der Waals surface area contributed by atoms with Gasteiger partial charge in [0.1, 0.15) is 5.54 Å². The summed E-state index contributed by atoms with van der Waals surface area (Å²) in [6.07, 6.45) is 0. The van der Waals surface area contributed by atoms with E-state index in [0.717, 1.165) is 0 Å². The Kier molecular flexibility index (Phi) is 4.73. The summed E-state index contributed by atoms with van der Waals surface area (Å²) >= 11 is 3.29. The number of nitriles is 1. The number of halogens is 1. The van der Waals surface area contributed by atoms with E-state index in [9.17, 15) is 8.42 Å². The molecule has 21 heavy (non-hydrogen) atoms. The van der Waals surface area contributed by atoms with Crippen LogP contribution in [0.1, 0.15) is 13.8 Å². The first kappa shape index (κ1) is 16.4. The van der Waals surface area contributed by atoms with E-state index < -0.39 is 15.6 Å². The quantitative estimate of drug-likeness (QED) is 0.815. The van der Waals surface area contributed by atoms with Gasteiger partial charge in [0.25, 0.3) is 0 Å². The highest BCUT2D eigenvalue weighted by molar-refractivity contribution is 9.10. The average molecular weight is 372 g/mol. The Morgan fingerprint density at radius 3 is 2.29 bits per heavy atom. The Bertz CT molecular complexity index is 659. The van der Waals surface area contributed by atoms with Crippen LogP contribution in [-0.2, 0) is 10.0 Å². The van der Waals surface area contributed by atoms with Gasteiger partial charge in [0.05, 0.1) is 11.0 Å². The van der Waals surface area contributed by atoms with Crippen molar-refractivity contribution in [2.45, 2.75) is 24.3 Å². The second kappa shape index (κ2) is 6.05. The molecule has 1 aromatic carbocycles. The van der Waals surface area contributed by atoms with E-state index in [-0.39, 0.29) is 4.90 Å². The van der Waals surface area contributed by atoms with Crippen LogP contribution in [0.3, 0.4) is 0 Å². The summed E-state index contributed by atoms with van der Waals surface area (Å²) in [7, 11) is -3.49. The van der Waals surface area contributed by atoms with Gasteiger partial charge in [0.15, 0.2) is 0 Å². The minimum absolute atomic E-state index is 0.290. The lowest BCUT2D eigenvalue weighted by Crippen LogP contribution is -2.55.